The van der Waals surface area contributed by atoms with E-state index in [9.17, 15) is 0 Å². The minimum atomic E-state index is 0.547. The zero-order valence-electron chi connectivity index (χ0n) is 16.7. The molecule has 1 aliphatic carbocycles. The number of fused-ring (bicyclic) bond motifs is 3. The number of aromatic nitrogens is 4. The van der Waals surface area contributed by atoms with Gasteiger partial charge in [0.05, 0.1) is 17.4 Å². The maximum atomic E-state index is 5.57. The highest BCUT2D eigenvalue weighted by atomic mass is 16.5. The van der Waals surface area contributed by atoms with Crippen LogP contribution < -0.4 is 0 Å². The molecular formula is C22H29N5O. The van der Waals surface area contributed by atoms with Crippen LogP contribution >= 0.6 is 0 Å². The molecule has 0 atom stereocenters. The molecule has 0 aromatic carbocycles. The highest BCUT2D eigenvalue weighted by Crippen LogP contribution is 2.47. The van der Waals surface area contributed by atoms with Crippen molar-refractivity contribution in [1.82, 2.24) is 24.3 Å². The summed E-state index contributed by atoms with van der Waals surface area (Å²) in [6, 6.07) is 0. The van der Waals surface area contributed by atoms with E-state index in [1.54, 1.807) is 0 Å². The van der Waals surface area contributed by atoms with Gasteiger partial charge in [0, 0.05) is 44.6 Å². The molecular weight excluding hydrogens is 350 g/mol. The van der Waals surface area contributed by atoms with Gasteiger partial charge in [0.1, 0.15) is 0 Å². The van der Waals surface area contributed by atoms with Gasteiger partial charge in [0.25, 0.3) is 0 Å². The number of aromatic amines is 1. The number of imidazole rings is 1. The maximum absolute atomic E-state index is 5.57. The molecule has 28 heavy (non-hydrogen) atoms. The van der Waals surface area contributed by atoms with E-state index in [1.165, 1.54) is 55.5 Å². The number of nitrogens with one attached hydrogen (secondary N) is 1. The molecule has 3 aromatic heterocycles. The van der Waals surface area contributed by atoms with Crippen LogP contribution in [0.25, 0.3) is 16.8 Å². The largest absolute Gasteiger partial charge is 0.381 e. The van der Waals surface area contributed by atoms with Crippen molar-refractivity contribution in [1.29, 1.82) is 0 Å². The molecule has 0 bridgehead atoms. The third-order valence-corrected chi connectivity index (χ3v) is 7.50. The predicted octanol–water partition coefficient (Wildman–Crippen LogP) is 3.69. The molecule has 1 saturated carbocycles. The van der Waals surface area contributed by atoms with Gasteiger partial charge in [-0.15, -0.1) is 0 Å². The fraction of sp³-hybridized carbons (Fsp3) is 0.636. The summed E-state index contributed by atoms with van der Waals surface area (Å²) in [6.45, 7) is 4.28. The second kappa shape index (κ2) is 6.29. The molecule has 2 aliphatic heterocycles. The summed E-state index contributed by atoms with van der Waals surface area (Å²) >= 11 is 0. The molecule has 6 nitrogen and oxygen atoms in total. The molecule has 1 N–H and O–H groups in total. The van der Waals surface area contributed by atoms with Crippen molar-refractivity contribution in [3.05, 3.63) is 29.8 Å². The average molecular weight is 380 g/mol. The molecule has 2 saturated heterocycles. The first-order valence-electron chi connectivity index (χ1n) is 10.8. The number of ether oxygens (including phenoxy) is 1. The first-order valence-corrected chi connectivity index (χ1v) is 10.8. The van der Waals surface area contributed by atoms with Crippen molar-refractivity contribution in [2.75, 3.05) is 33.4 Å². The van der Waals surface area contributed by atoms with Gasteiger partial charge in [-0.3, -0.25) is 4.40 Å². The van der Waals surface area contributed by atoms with Gasteiger partial charge in [-0.25, -0.2) is 9.97 Å². The quantitative estimate of drug-likeness (QED) is 0.738. The van der Waals surface area contributed by atoms with Gasteiger partial charge in [-0.05, 0) is 62.5 Å². The van der Waals surface area contributed by atoms with Crippen LogP contribution in [-0.4, -0.2) is 57.6 Å². The van der Waals surface area contributed by atoms with Gasteiger partial charge in [0.15, 0.2) is 11.3 Å². The lowest BCUT2D eigenvalue weighted by atomic mass is 9.65. The molecule has 3 fully saturated rings. The number of hydrogen-bond acceptors (Lipinski definition) is 4. The Labute approximate surface area is 165 Å². The molecule has 3 aromatic rings. The van der Waals surface area contributed by atoms with Crippen LogP contribution in [0.1, 0.15) is 61.6 Å². The number of H-pyrrole nitrogens is 1. The Balaban J connectivity index is 1.33. The zero-order valence-corrected chi connectivity index (χ0v) is 16.7. The van der Waals surface area contributed by atoms with Crippen LogP contribution in [-0.2, 0) is 4.74 Å². The van der Waals surface area contributed by atoms with Crippen LogP contribution in [0.15, 0.2) is 18.6 Å². The Kier molecular flexibility index (Phi) is 3.82. The summed E-state index contributed by atoms with van der Waals surface area (Å²) in [5.41, 5.74) is 6.42. The summed E-state index contributed by atoms with van der Waals surface area (Å²) < 4.78 is 7.86. The lowest BCUT2D eigenvalue weighted by molar-refractivity contribution is -0.0140. The van der Waals surface area contributed by atoms with E-state index in [1.807, 2.05) is 6.20 Å². The molecule has 148 valence electrons. The maximum Gasteiger partial charge on any atom is 0.156 e. The van der Waals surface area contributed by atoms with Crippen molar-refractivity contribution >= 4 is 16.8 Å². The summed E-state index contributed by atoms with van der Waals surface area (Å²) in [5.74, 6) is 1.14. The van der Waals surface area contributed by atoms with E-state index in [-0.39, 0.29) is 0 Å². The molecule has 6 rings (SSSR count). The smallest absolute Gasteiger partial charge is 0.156 e. The minimum Gasteiger partial charge on any atom is -0.381 e. The van der Waals surface area contributed by atoms with E-state index in [0.29, 0.717) is 17.3 Å². The lowest BCUT2D eigenvalue weighted by Gasteiger charge is -2.52. The second-order valence-electron chi connectivity index (χ2n) is 9.43. The van der Waals surface area contributed by atoms with Crippen LogP contribution in [0.2, 0.25) is 0 Å². The molecule has 0 amide bonds. The van der Waals surface area contributed by atoms with Crippen molar-refractivity contribution < 1.29 is 4.74 Å². The van der Waals surface area contributed by atoms with Crippen molar-refractivity contribution in [2.45, 2.75) is 50.4 Å². The molecule has 0 radical (unpaired) electrons. The third kappa shape index (κ3) is 2.61. The Bertz CT molecular complexity index is 999. The molecule has 5 heterocycles. The van der Waals surface area contributed by atoms with E-state index >= 15 is 0 Å². The summed E-state index contributed by atoms with van der Waals surface area (Å²) in [5, 5.41) is 0. The molecule has 6 heteroatoms. The first kappa shape index (κ1) is 17.0. The van der Waals surface area contributed by atoms with Gasteiger partial charge in [0.2, 0.25) is 0 Å². The summed E-state index contributed by atoms with van der Waals surface area (Å²) in [7, 11) is 2.24. The Morgan fingerprint density at radius 2 is 1.89 bits per heavy atom. The van der Waals surface area contributed by atoms with Crippen LogP contribution in [0.3, 0.4) is 0 Å². The van der Waals surface area contributed by atoms with Crippen molar-refractivity contribution in [3.8, 4) is 0 Å². The summed E-state index contributed by atoms with van der Waals surface area (Å²) in [6.07, 6.45) is 13.8. The minimum absolute atomic E-state index is 0.547. The lowest BCUT2D eigenvalue weighted by Crippen LogP contribution is -2.55. The van der Waals surface area contributed by atoms with Crippen molar-refractivity contribution in [3.63, 3.8) is 0 Å². The van der Waals surface area contributed by atoms with Gasteiger partial charge in [-0.2, -0.15) is 0 Å². The Morgan fingerprint density at radius 3 is 2.64 bits per heavy atom. The molecule has 0 unspecified atom stereocenters. The Hall–Kier alpha value is -1.92. The average Bonchev–Trinajstić information content (AvgIpc) is 3.32. The normalized spacial score (nSPS) is 24.3. The number of nitrogens with zero attached hydrogens (tertiary/aromatic N) is 4. The van der Waals surface area contributed by atoms with Gasteiger partial charge in [-0.1, -0.05) is 0 Å². The molecule has 3 aliphatic rings. The summed E-state index contributed by atoms with van der Waals surface area (Å²) in [4.78, 5) is 15.5. The standard InChI is InChI=1S/C22H29N5O/c1-26-13-22(14-26)6-2-16(3-7-22)18-12-27-19(25-18)11-24-21-20(27)17(10-23-21)15-4-8-28-9-5-15/h10-12,15-16,23H,2-9,13-14H2,1H3. The van der Waals surface area contributed by atoms with Gasteiger partial charge >= 0.3 is 0 Å². The second-order valence-corrected chi connectivity index (χ2v) is 9.43. The van der Waals surface area contributed by atoms with Crippen LogP contribution in [0.5, 0.6) is 0 Å². The number of likely N-dealkylation sites (tertiary alicyclic amines) is 1. The monoisotopic (exact) mass is 379 g/mol. The van der Waals surface area contributed by atoms with E-state index in [2.05, 4.69) is 38.7 Å². The Morgan fingerprint density at radius 1 is 1.11 bits per heavy atom. The highest BCUT2D eigenvalue weighted by Gasteiger charge is 2.43. The first-order chi connectivity index (χ1) is 13.7. The van der Waals surface area contributed by atoms with Gasteiger partial charge < -0.3 is 14.6 Å². The fourth-order valence-corrected chi connectivity index (χ4v) is 6.03. The fourth-order valence-electron chi connectivity index (χ4n) is 6.03. The van der Waals surface area contributed by atoms with E-state index in [0.717, 1.165) is 37.3 Å². The van der Waals surface area contributed by atoms with E-state index in [4.69, 9.17) is 9.72 Å². The SMILES string of the molecule is CN1CC2(CCC(c3cn4c(cnc5[nH]cc(C6CCOCC6)c54)n3)CC2)C1. The van der Waals surface area contributed by atoms with Crippen LogP contribution in [0.4, 0.5) is 0 Å². The predicted molar refractivity (Wildman–Crippen MR) is 109 cm³/mol. The topological polar surface area (TPSA) is 58.5 Å². The zero-order chi connectivity index (χ0) is 18.7. The number of hydrogen-bond donors (Lipinski definition) is 1. The van der Waals surface area contributed by atoms with E-state index < -0.39 is 0 Å². The number of rotatable bonds is 2. The molecule has 1 spiro atoms. The third-order valence-electron chi connectivity index (χ3n) is 7.50. The highest BCUT2D eigenvalue weighted by molar-refractivity contribution is 5.79. The van der Waals surface area contributed by atoms with Crippen molar-refractivity contribution in [2.24, 2.45) is 5.41 Å². The van der Waals surface area contributed by atoms with Crippen LogP contribution in [0, 0.1) is 5.41 Å².